The first-order chi connectivity index (χ1) is 11.6. The van der Waals surface area contributed by atoms with Crippen LogP contribution in [0.2, 0.25) is 0 Å². The van der Waals surface area contributed by atoms with Crippen LogP contribution in [0.5, 0.6) is 0 Å². The molecule has 0 saturated carbocycles. The number of methoxy groups -OCH3 is 1. The van der Waals surface area contributed by atoms with Crippen molar-refractivity contribution < 1.29 is 14.6 Å². The standard InChI is InChI=1S/C19H30N2O3/c1-15(12-16-6-4-3-5-7-16)19(23)20-17-8-10-21(11-9-17)13-18(22)14-24-2/h3-7,15,17-18,22H,8-14H2,1-2H3,(H,20,23). The fourth-order valence-corrected chi connectivity index (χ4v) is 3.21. The van der Waals surface area contributed by atoms with Crippen LogP contribution >= 0.6 is 0 Å². The molecule has 0 bridgehead atoms. The van der Waals surface area contributed by atoms with Crippen LogP contribution in [0.1, 0.15) is 25.3 Å². The molecule has 24 heavy (non-hydrogen) atoms. The number of ether oxygens (including phenoxy) is 1. The van der Waals surface area contributed by atoms with E-state index in [4.69, 9.17) is 4.74 Å². The van der Waals surface area contributed by atoms with Gasteiger partial charge in [0.1, 0.15) is 0 Å². The molecule has 1 saturated heterocycles. The summed E-state index contributed by atoms with van der Waals surface area (Å²) in [4.78, 5) is 14.6. The van der Waals surface area contributed by atoms with Gasteiger partial charge in [0.15, 0.2) is 0 Å². The number of carbonyl (C=O) groups is 1. The molecular weight excluding hydrogens is 304 g/mol. The van der Waals surface area contributed by atoms with Crippen molar-refractivity contribution in [1.29, 1.82) is 0 Å². The van der Waals surface area contributed by atoms with E-state index in [1.165, 1.54) is 5.56 Å². The summed E-state index contributed by atoms with van der Waals surface area (Å²) in [5, 5.41) is 13.0. The highest BCUT2D eigenvalue weighted by Gasteiger charge is 2.23. The molecule has 2 unspecified atom stereocenters. The van der Waals surface area contributed by atoms with E-state index in [1.807, 2.05) is 25.1 Å². The number of rotatable bonds is 8. The third-order valence-corrected chi connectivity index (χ3v) is 4.59. The van der Waals surface area contributed by atoms with Gasteiger partial charge in [-0.3, -0.25) is 4.79 Å². The van der Waals surface area contributed by atoms with Crippen LogP contribution < -0.4 is 5.32 Å². The predicted octanol–water partition coefficient (Wildman–Crippen LogP) is 1.45. The van der Waals surface area contributed by atoms with Crippen LogP contribution in [0.25, 0.3) is 0 Å². The number of likely N-dealkylation sites (tertiary alicyclic amines) is 1. The number of hydrogen-bond donors (Lipinski definition) is 2. The highest BCUT2D eigenvalue weighted by Crippen LogP contribution is 2.13. The summed E-state index contributed by atoms with van der Waals surface area (Å²) in [6.45, 7) is 4.79. The third kappa shape index (κ3) is 6.23. The van der Waals surface area contributed by atoms with Crippen molar-refractivity contribution >= 4 is 5.91 Å². The van der Waals surface area contributed by atoms with E-state index in [-0.39, 0.29) is 17.9 Å². The highest BCUT2D eigenvalue weighted by molar-refractivity contribution is 5.78. The second-order valence-corrected chi connectivity index (χ2v) is 6.78. The van der Waals surface area contributed by atoms with Gasteiger partial charge in [-0.1, -0.05) is 37.3 Å². The largest absolute Gasteiger partial charge is 0.389 e. The molecule has 0 spiro atoms. The van der Waals surface area contributed by atoms with E-state index in [0.717, 1.165) is 32.4 Å². The van der Waals surface area contributed by atoms with Crippen molar-refractivity contribution in [3.63, 3.8) is 0 Å². The molecule has 1 fully saturated rings. The van der Waals surface area contributed by atoms with E-state index < -0.39 is 6.10 Å². The van der Waals surface area contributed by atoms with Gasteiger partial charge >= 0.3 is 0 Å². The van der Waals surface area contributed by atoms with Crippen LogP contribution in [0.4, 0.5) is 0 Å². The fraction of sp³-hybridized carbons (Fsp3) is 0.632. The Morgan fingerprint density at radius 1 is 1.33 bits per heavy atom. The number of carbonyl (C=O) groups excluding carboxylic acids is 1. The maximum atomic E-state index is 12.4. The molecule has 1 amide bonds. The zero-order valence-electron chi connectivity index (χ0n) is 14.8. The van der Waals surface area contributed by atoms with E-state index in [9.17, 15) is 9.90 Å². The Hall–Kier alpha value is -1.43. The number of aliphatic hydroxyl groups is 1. The Bertz CT molecular complexity index is 487. The lowest BCUT2D eigenvalue weighted by Gasteiger charge is -2.33. The van der Waals surface area contributed by atoms with Crippen molar-refractivity contribution in [2.75, 3.05) is 33.4 Å². The van der Waals surface area contributed by atoms with Crippen LogP contribution in [0, 0.1) is 5.92 Å². The van der Waals surface area contributed by atoms with Gasteiger partial charge in [0.25, 0.3) is 0 Å². The minimum Gasteiger partial charge on any atom is -0.389 e. The summed E-state index contributed by atoms with van der Waals surface area (Å²) < 4.78 is 4.96. The number of nitrogens with one attached hydrogen (secondary N) is 1. The summed E-state index contributed by atoms with van der Waals surface area (Å²) >= 11 is 0. The number of nitrogens with zero attached hydrogens (tertiary/aromatic N) is 1. The normalized spacial score (nSPS) is 19.0. The van der Waals surface area contributed by atoms with Crippen LogP contribution in [0.15, 0.2) is 30.3 Å². The Balaban J connectivity index is 1.70. The lowest BCUT2D eigenvalue weighted by molar-refractivity contribution is -0.125. The minimum absolute atomic E-state index is 0.0195. The first-order valence-electron chi connectivity index (χ1n) is 8.82. The number of benzene rings is 1. The minimum atomic E-state index is -0.438. The van der Waals surface area contributed by atoms with Gasteiger partial charge in [0.05, 0.1) is 12.7 Å². The zero-order chi connectivity index (χ0) is 17.4. The number of piperidine rings is 1. The number of amides is 1. The Morgan fingerprint density at radius 3 is 2.62 bits per heavy atom. The van der Waals surface area contributed by atoms with Gasteiger partial charge in [-0.15, -0.1) is 0 Å². The zero-order valence-corrected chi connectivity index (χ0v) is 14.8. The fourth-order valence-electron chi connectivity index (χ4n) is 3.21. The molecule has 5 heteroatoms. The van der Waals surface area contributed by atoms with Gasteiger partial charge < -0.3 is 20.1 Å². The van der Waals surface area contributed by atoms with Crippen LogP contribution in [-0.4, -0.2) is 61.4 Å². The second kappa shape index (κ2) is 9.77. The average Bonchev–Trinajstić information content (AvgIpc) is 2.57. The van der Waals surface area contributed by atoms with Crippen molar-refractivity contribution in [2.45, 2.75) is 38.3 Å². The van der Waals surface area contributed by atoms with Gasteiger partial charge in [0.2, 0.25) is 5.91 Å². The molecule has 1 aromatic carbocycles. The third-order valence-electron chi connectivity index (χ3n) is 4.59. The molecular formula is C19H30N2O3. The summed E-state index contributed by atoms with van der Waals surface area (Å²) in [5.41, 5.74) is 1.20. The molecule has 5 nitrogen and oxygen atoms in total. The Morgan fingerprint density at radius 2 is 2.00 bits per heavy atom. The van der Waals surface area contributed by atoms with Gasteiger partial charge in [0, 0.05) is 38.7 Å². The Labute approximate surface area is 145 Å². The van der Waals surface area contributed by atoms with Crippen molar-refractivity contribution in [2.24, 2.45) is 5.92 Å². The molecule has 0 aliphatic carbocycles. The molecule has 2 N–H and O–H groups in total. The Kier molecular flexibility index (Phi) is 7.69. The molecule has 2 atom stereocenters. The van der Waals surface area contributed by atoms with Gasteiger partial charge in [-0.05, 0) is 24.8 Å². The van der Waals surface area contributed by atoms with Gasteiger partial charge in [-0.25, -0.2) is 0 Å². The summed E-state index contributed by atoms with van der Waals surface area (Å²) in [7, 11) is 1.60. The van der Waals surface area contributed by atoms with Crippen LogP contribution in [0.3, 0.4) is 0 Å². The number of hydrogen-bond acceptors (Lipinski definition) is 4. The van der Waals surface area contributed by atoms with Crippen LogP contribution in [-0.2, 0) is 16.0 Å². The first kappa shape index (κ1) is 18.9. The number of β-amino-alcohol motifs (C(OH)–C–C–N with tert-alkyl or cyclic N) is 1. The summed E-state index contributed by atoms with van der Waals surface area (Å²) in [6, 6.07) is 10.4. The molecule has 2 rings (SSSR count). The molecule has 0 aromatic heterocycles. The van der Waals surface area contributed by atoms with Gasteiger partial charge in [-0.2, -0.15) is 0 Å². The summed E-state index contributed by atoms with van der Waals surface area (Å²) in [5.74, 6) is 0.116. The maximum Gasteiger partial charge on any atom is 0.223 e. The smallest absolute Gasteiger partial charge is 0.223 e. The van der Waals surface area contributed by atoms with E-state index in [2.05, 4.69) is 22.3 Å². The lowest BCUT2D eigenvalue weighted by atomic mass is 9.98. The molecule has 1 aromatic rings. The maximum absolute atomic E-state index is 12.4. The highest BCUT2D eigenvalue weighted by atomic mass is 16.5. The second-order valence-electron chi connectivity index (χ2n) is 6.78. The quantitative estimate of drug-likeness (QED) is 0.755. The van der Waals surface area contributed by atoms with E-state index >= 15 is 0 Å². The van der Waals surface area contributed by atoms with Crippen molar-refractivity contribution in [3.8, 4) is 0 Å². The number of aliphatic hydroxyl groups excluding tert-OH is 1. The molecule has 134 valence electrons. The predicted molar refractivity (Wildman–Crippen MR) is 94.8 cm³/mol. The molecule has 1 aliphatic rings. The topological polar surface area (TPSA) is 61.8 Å². The SMILES string of the molecule is COCC(O)CN1CCC(NC(=O)C(C)Cc2ccccc2)CC1. The first-order valence-corrected chi connectivity index (χ1v) is 8.82. The molecule has 0 radical (unpaired) electrons. The molecule has 1 heterocycles. The van der Waals surface area contributed by atoms with E-state index in [1.54, 1.807) is 7.11 Å². The van der Waals surface area contributed by atoms with Crippen molar-refractivity contribution in [3.05, 3.63) is 35.9 Å². The lowest BCUT2D eigenvalue weighted by Crippen LogP contribution is -2.48. The van der Waals surface area contributed by atoms with Crippen molar-refractivity contribution in [1.82, 2.24) is 10.2 Å². The monoisotopic (exact) mass is 334 g/mol. The average molecular weight is 334 g/mol. The van der Waals surface area contributed by atoms with E-state index in [0.29, 0.717) is 13.2 Å². The summed E-state index contributed by atoms with van der Waals surface area (Å²) in [6.07, 6.45) is 2.20. The molecule has 1 aliphatic heterocycles.